The molecule has 0 saturated heterocycles. The topological polar surface area (TPSA) is 42.0 Å². The van der Waals surface area contributed by atoms with Crippen molar-refractivity contribution in [3.05, 3.63) is 65.5 Å². The average Bonchev–Trinajstić information content (AvgIpc) is 2.86. The molecule has 0 spiro atoms. The molecule has 0 radical (unpaired) electrons. The molecular weight excluding hydrogens is 299 g/mol. The normalized spacial score (nSPS) is 11.2. The molecule has 0 aliphatic carbocycles. The number of hydrogen-bond acceptors (Lipinski definition) is 3. The predicted molar refractivity (Wildman–Crippen MR) is 88.4 cm³/mol. The van der Waals surface area contributed by atoms with Crippen LogP contribution in [0.2, 0.25) is 0 Å². The number of nitrogens with one attached hydrogen (secondary N) is 1. The van der Waals surface area contributed by atoms with Crippen LogP contribution < -0.4 is 5.32 Å². The van der Waals surface area contributed by atoms with Gasteiger partial charge < -0.3 is 0 Å². The minimum atomic E-state index is -0.330. The number of aromatic nitrogens is 1. The molecule has 3 nitrogen and oxygen atoms in total. The number of rotatable bonds is 3. The minimum absolute atomic E-state index is 0.292. The first-order chi connectivity index (χ1) is 10.6. The van der Waals surface area contributed by atoms with E-state index >= 15 is 0 Å². The van der Waals surface area contributed by atoms with Gasteiger partial charge in [-0.2, -0.15) is 0 Å². The Morgan fingerprint density at radius 1 is 1.27 bits per heavy atom. The fourth-order valence-electron chi connectivity index (χ4n) is 2.01. The number of carbonyl (C=O) groups excluding carboxylic acids is 1. The summed E-state index contributed by atoms with van der Waals surface area (Å²) in [7, 11) is 0. The molecule has 1 heterocycles. The molecule has 0 bridgehead atoms. The maximum absolute atomic E-state index is 13.0. The van der Waals surface area contributed by atoms with E-state index in [1.807, 2.05) is 25.1 Å². The summed E-state index contributed by atoms with van der Waals surface area (Å²) in [5.74, 6) is -0.621. The molecule has 0 unspecified atom stereocenters. The summed E-state index contributed by atoms with van der Waals surface area (Å²) in [4.78, 5) is 16.2. The molecule has 0 aliphatic rings. The van der Waals surface area contributed by atoms with E-state index in [4.69, 9.17) is 0 Å². The van der Waals surface area contributed by atoms with E-state index in [1.165, 1.54) is 29.5 Å². The van der Waals surface area contributed by atoms with Gasteiger partial charge in [-0.25, -0.2) is 9.37 Å². The Kier molecular flexibility index (Phi) is 3.98. The monoisotopic (exact) mass is 312 g/mol. The van der Waals surface area contributed by atoms with E-state index in [0.717, 1.165) is 15.8 Å². The Morgan fingerprint density at radius 3 is 2.95 bits per heavy atom. The largest absolute Gasteiger partial charge is 0.298 e. The van der Waals surface area contributed by atoms with Gasteiger partial charge in [-0.1, -0.05) is 29.5 Å². The van der Waals surface area contributed by atoms with Gasteiger partial charge >= 0.3 is 0 Å². The van der Waals surface area contributed by atoms with E-state index in [9.17, 15) is 9.18 Å². The third kappa shape index (κ3) is 3.38. The van der Waals surface area contributed by atoms with E-state index in [-0.39, 0.29) is 11.7 Å². The fourth-order valence-corrected chi connectivity index (χ4v) is 2.98. The molecular formula is C17H13FN2OS. The number of halogens is 1. The molecule has 1 aromatic heterocycles. The van der Waals surface area contributed by atoms with E-state index < -0.39 is 0 Å². The summed E-state index contributed by atoms with van der Waals surface area (Å²) in [6.07, 6.45) is 2.93. The number of thiazole rings is 1. The Hall–Kier alpha value is -2.53. The van der Waals surface area contributed by atoms with Gasteiger partial charge in [-0.15, -0.1) is 0 Å². The van der Waals surface area contributed by atoms with Crippen molar-refractivity contribution >= 4 is 38.7 Å². The van der Waals surface area contributed by atoms with Crippen molar-refractivity contribution in [3.8, 4) is 0 Å². The second kappa shape index (κ2) is 6.07. The molecule has 110 valence electrons. The van der Waals surface area contributed by atoms with E-state index in [2.05, 4.69) is 10.3 Å². The standard InChI is InChI=1S/C17H13FN2OS/c1-11-5-7-14-15(9-11)22-17(19-14)20-16(21)8-6-12-3-2-4-13(18)10-12/h2-10H,1H3,(H,19,20,21)/b8-6+. The number of benzene rings is 2. The highest BCUT2D eigenvalue weighted by molar-refractivity contribution is 7.22. The van der Waals surface area contributed by atoms with Crippen LogP contribution >= 0.6 is 11.3 Å². The van der Waals surface area contributed by atoms with Gasteiger partial charge in [0, 0.05) is 6.08 Å². The van der Waals surface area contributed by atoms with Crippen molar-refractivity contribution in [1.29, 1.82) is 0 Å². The lowest BCUT2D eigenvalue weighted by atomic mass is 10.2. The van der Waals surface area contributed by atoms with E-state index in [1.54, 1.807) is 18.2 Å². The molecule has 1 N–H and O–H groups in total. The molecule has 0 saturated carbocycles. The molecule has 22 heavy (non-hydrogen) atoms. The van der Waals surface area contributed by atoms with Gasteiger partial charge in [0.05, 0.1) is 10.2 Å². The predicted octanol–water partition coefficient (Wildman–Crippen LogP) is 4.40. The third-order valence-electron chi connectivity index (χ3n) is 3.05. The lowest BCUT2D eigenvalue weighted by Crippen LogP contribution is -2.07. The quantitative estimate of drug-likeness (QED) is 0.729. The van der Waals surface area contributed by atoms with Gasteiger partial charge in [0.2, 0.25) is 5.91 Å². The van der Waals surface area contributed by atoms with Crippen molar-refractivity contribution in [1.82, 2.24) is 4.98 Å². The number of fused-ring (bicyclic) bond motifs is 1. The van der Waals surface area contributed by atoms with E-state index in [0.29, 0.717) is 10.7 Å². The lowest BCUT2D eigenvalue weighted by Gasteiger charge is -1.96. The SMILES string of the molecule is Cc1ccc2nc(NC(=O)/C=C/c3cccc(F)c3)sc2c1. The third-order valence-corrected chi connectivity index (χ3v) is 3.98. The molecule has 3 aromatic rings. The zero-order chi connectivity index (χ0) is 15.5. The van der Waals surface area contributed by atoms with Crippen molar-refractivity contribution in [2.45, 2.75) is 6.92 Å². The molecule has 0 atom stereocenters. The van der Waals surface area contributed by atoms with Crippen LogP contribution in [0.25, 0.3) is 16.3 Å². The van der Waals surface area contributed by atoms with Gasteiger partial charge in [0.1, 0.15) is 5.82 Å². The Labute approximate surface area is 131 Å². The fraction of sp³-hybridized carbons (Fsp3) is 0.0588. The first-order valence-corrected chi connectivity index (χ1v) is 7.54. The van der Waals surface area contributed by atoms with Crippen LogP contribution in [0.5, 0.6) is 0 Å². The Morgan fingerprint density at radius 2 is 2.14 bits per heavy atom. The summed E-state index contributed by atoms with van der Waals surface area (Å²) in [6.45, 7) is 2.01. The Bertz CT molecular complexity index is 870. The number of nitrogens with zero attached hydrogens (tertiary/aromatic N) is 1. The number of aryl methyl sites for hydroxylation is 1. The highest BCUT2D eigenvalue weighted by atomic mass is 32.1. The van der Waals surface area contributed by atoms with Gasteiger partial charge in [0.15, 0.2) is 5.13 Å². The summed E-state index contributed by atoms with van der Waals surface area (Å²) < 4.78 is 14.1. The van der Waals surface area contributed by atoms with Crippen molar-refractivity contribution in [2.24, 2.45) is 0 Å². The molecule has 5 heteroatoms. The van der Waals surface area contributed by atoms with Crippen LogP contribution in [0, 0.1) is 12.7 Å². The minimum Gasteiger partial charge on any atom is -0.298 e. The molecule has 0 aliphatic heterocycles. The van der Waals surface area contributed by atoms with Crippen LogP contribution in [-0.2, 0) is 4.79 Å². The van der Waals surface area contributed by atoms with Crippen molar-refractivity contribution in [2.75, 3.05) is 5.32 Å². The first-order valence-electron chi connectivity index (χ1n) is 6.72. The number of amides is 1. The summed E-state index contributed by atoms with van der Waals surface area (Å²) in [5.41, 5.74) is 2.65. The van der Waals surface area contributed by atoms with Crippen LogP contribution in [0.15, 0.2) is 48.5 Å². The number of carbonyl (C=O) groups is 1. The maximum atomic E-state index is 13.0. The number of hydrogen-bond donors (Lipinski definition) is 1. The maximum Gasteiger partial charge on any atom is 0.250 e. The van der Waals surface area contributed by atoms with Gasteiger partial charge in [0.25, 0.3) is 0 Å². The summed E-state index contributed by atoms with van der Waals surface area (Å²) in [5, 5.41) is 3.27. The highest BCUT2D eigenvalue weighted by Crippen LogP contribution is 2.26. The number of anilines is 1. The summed E-state index contributed by atoms with van der Waals surface area (Å²) in [6, 6.07) is 12.0. The second-order valence-corrected chi connectivity index (χ2v) is 5.90. The average molecular weight is 312 g/mol. The smallest absolute Gasteiger partial charge is 0.250 e. The van der Waals surface area contributed by atoms with Gasteiger partial charge in [-0.05, 0) is 48.4 Å². The lowest BCUT2D eigenvalue weighted by molar-refractivity contribution is -0.111. The van der Waals surface area contributed by atoms with Crippen LogP contribution in [-0.4, -0.2) is 10.9 Å². The molecule has 1 amide bonds. The highest BCUT2D eigenvalue weighted by Gasteiger charge is 2.05. The molecule has 3 rings (SSSR count). The zero-order valence-corrected chi connectivity index (χ0v) is 12.7. The zero-order valence-electron chi connectivity index (χ0n) is 11.8. The van der Waals surface area contributed by atoms with Crippen LogP contribution in [0.3, 0.4) is 0 Å². The first kappa shape index (κ1) is 14.4. The van der Waals surface area contributed by atoms with Crippen molar-refractivity contribution in [3.63, 3.8) is 0 Å². The molecule has 2 aromatic carbocycles. The van der Waals surface area contributed by atoms with Crippen LogP contribution in [0.1, 0.15) is 11.1 Å². The molecule has 0 fully saturated rings. The van der Waals surface area contributed by atoms with Crippen LogP contribution in [0.4, 0.5) is 9.52 Å². The van der Waals surface area contributed by atoms with Gasteiger partial charge in [-0.3, -0.25) is 10.1 Å². The van der Waals surface area contributed by atoms with Crippen molar-refractivity contribution < 1.29 is 9.18 Å². The second-order valence-electron chi connectivity index (χ2n) is 4.87. The summed E-state index contributed by atoms with van der Waals surface area (Å²) >= 11 is 1.43. The Balaban J connectivity index is 1.72.